The summed E-state index contributed by atoms with van der Waals surface area (Å²) in [6, 6.07) is 0. The van der Waals surface area contributed by atoms with Crippen molar-refractivity contribution in [1.29, 1.82) is 0 Å². The van der Waals surface area contributed by atoms with Gasteiger partial charge in [0.1, 0.15) is 0 Å². The molecule has 0 spiro atoms. The second kappa shape index (κ2) is 13.7. The molecular formula is C17H30O4. The van der Waals surface area contributed by atoms with Crippen LogP contribution >= 0.6 is 0 Å². The largest absolute Gasteiger partial charge is 0.465 e. The van der Waals surface area contributed by atoms with E-state index in [2.05, 4.69) is 6.58 Å². The lowest BCUT2D eigenvalue weighted by molar-refractivity contribution is -0.162. The molecule has 0 saturated heterocycles. The minimum atomic E-state index is -0.775. The van der Waals surface area contributed by atoms with Crippen LogP contribution in [-0.2, 0) is 19.1 Å². The Morgan fingerprint density at radius 3 is 1.90 bits per heavy atom. The molecule has 0 amide bonds. The molecular weight excluding hydrogens is 268 g/mol. The van der Waals surface area contributed by atoms with Gasteiger partial charge in [-0.25, -0.2) is 0 Å². The van der Waals surface area contributed by atoms with Gasteiger partial charge in [-0.1, -0.05) is 39.2 Å². The van der Waals surface area contributed by atoms with Gasteiger partial charge in [-0.3, -0.25) is 9.59 Å². The molecule has 0 bridgehead atoms. The summed E-state index contributed by atoms with van der Waals surface area (Å²) in [7, 11) is 0. The van der Waals surface area contributed by atoms with Crippen LogP contribution in [0.3, 0.4) is 0 Å². The van der Waals surface area contributed by atoms with Crippen LogP contribution in [0.5, 0.6) is 0 Å². The Morgan fingerprint density at radius 1 is 0.952 bits per heavy atom. The SMILES string of the molecule is C=CCCCCC(C(=O)OCCCC)C(=O)OCCCC. The van der Waals surface area contributed by atoms with Crippen LogP contribution in [0.1, 0.15) is 65.2 Å². The fourth-order valence-corrected chi connectivity index (χ4v) is 1.80. The highest BCUT2D eigenvalue weighted by molar-refractivity contribution is 5.94. The van der Waals surface area contributed by atoms with Gasteiger partial charge >= 0.3 is 11.9 Å². The molecule has 0 aromatic carbocycles. The first-order chi connectivity index (χ1) is 10.2. The predicted molar refractivity (Wildman–Crippen MR) is 83.9 cm³/mol. The second-order valence-corrected chi connectivity index (χ2v) is 5.17. The zero-order chi connectivity index (χ0) is 15.9. The van der Waals surface area contributed by atoms with E-state index in [1.165, 1.54) is 0 Å². The second-order valence-electron chi connectivity index (χ2n) is 5.17. The van der Waals surface area contributed by atoms with Crippen LogP contribution in [0.15, 0.2) is 12.7 Å². The van der Waals surface area contributed by atoms with E-state index in [-0.39, 0.29) is 0 Å². The van der Waals surface area contributed by atoms with Gasteiger partial charge in [-0.2, -0.15) is 0 Å². The van der Waals surface area contributed by atoms with Crippen molar-refractivity contribution in [2.45, 2.75) is 65.2 Å². The van der Waals surface area contributed by atoms with Crippen molar-refractivity contribution in [2.24, 2.45) is 5.92 Å². The van der Waals surface area contributed by atoms with E-state index < -0.39 is 17.9 Å². The Bertz CT molecular complexity index is 277. The van der Waals surface area contributed by atoms with Crippen molar-refractivity contribution < 1.29 is 19.1 Å². The molecule has 0 saturated carbocycles. The summed E-state index contributed by atoms with van der Waals surface area (Å²) >= 11 is 0. The summed E-state index contributed by atoms with van der Waals surface area (Å²) in [5, 5.41) is 0. The molecule has 0 atom stereocenters. The number of carbonyl (C=O) groups is 2. The van der Waals surface area contributed by atoms with Gasteiger partial charge in [0.05, 0.1) is 13.2 Å². The van der Waals surface area contributed by atoms with E-state index >= 15 is 0 Å². The van der Waals surface area contributed by atoms with Crippen molar-refractivity contribution in [3.8, 4) is 0 Å². The first-order valence-electron chi connectivity index (χ1n) is 8.11. The zero-order valence-electron chi connectivity index (χ0n) is 13.6. The van der Waals surface area contributed by atoms with Gasteiger partial charge in [-0.15, -0.1) is 6.58 Å². The van der Waals surface area contributed by atoms with Gasteiger partial charge in [0.2, 0.25) is 0 Å². The summed E-state index contributed by atoms with van der Waals surface area (Å²) < 4.78 is 10.3. The molecule has 0 aromatic heterocycles. The summed E-state index contributed by atoms with van der Waals surface area (Å²) in [6.45, 7) is 8.47. The van der Waals surface area contributed by atoms with Crippen LogP contribution in [0, 0.1) is 5.92 Å². The van der Waals surface area contributed by atoms with Gasteiger partial charge in [0, 0.05) is 0 Å². The molecule has 0 aliphatic heterocycles. The number of esters is 2. The first kappa shape index (κ1) is 19.7. The summed E-state index contributed by atoms with van der Waals surface area (Å²) in [4.78, 5) is 24.0. The maximum atomic E-state index is 12.0. The molecule has 0 aromatic rings. The van der Waals surface area contributed by atoms with E-state index in [1.807, 2.05) is 19.9 Å². The van der Waals surface area contributed by atoms with Crippen LogP contribution in [0.2, 0.25) is 0 Å². The smallest absolute Gasteiger partial charge is 0.320 e. The fraction of sp³-hybridized carbons (Fsp3) is 0.765. The van der Waals surface area contributed by atoms with Crippen molar-refractivity contribution in [2.75, 3.05) is 13.2 Å². The maximum Gasteiger partial charge on any atom is 0.320 e. The number of carbonyl (C=O) groups excluding carboxylic acids is 2. The number of hydrogen-bond donors (Lipinski definition) is 0. The number of allylic oxidation sites excluding steroid dienone is 1. The van der Waals surface area contributed by atoms with Gasteiger partial charge in [0.15, 0.2) is 5.92 Å². The van der Waals surface area contributed by atoms with Crippen molar-refractivity contribution in [1.82, 2.24) is 0 Å². The molecule has 0 unspecified atom stereocenters. The Balaban J connectivity index is 4.33. The first-order valence-corrected chi connectivity index (χ1v) is 8.11. The van der Waals surface area contributed by atoms with Crippen LogP contribution in [0.25, 0.3) is 0 Å². The van der Waals surface area contributed by atoms with E-state index in [0.29, 0.717) is 19.6 Å². The summed E-state index contributed by atoms with van der Waals surface area (Å²) in [6.07, 6.45) is 8.49. The number of hydrogen-bond acceptors (Lipinski definition) is 4. The maximum absolute atomic E-state index is 12.0. The topological polar surface area (TPSA) is 52.6 Å². The fourth-order valence-electron chi connectivity index (χ4n) is 1.80. The summed E-state index contributed by atoms with van der Waals surface area (Å²) in [5.41, 5.74) is 0. The third-order valence-electron chi connectivity index (χ3n) is 3.20. The van der Waals surface area contributed by atoms with Crippen LogP contribution in [-0.4, -0.2) is 25.2 Å². The normalized spacial score (nSPS) is 10.4. The molecule has 4 heteroatoms. The van der Waals surface area contributed by atoms with Crippen molar-refractivity contribution >= 4 is 11.9 Å². The van der Waals surface area contributed by atoms with E-state index in [0.717, 1.165) is 44.9 Å². The van der Waals surface area contributed by atoms with Gasteiger partial charge in [-0.05, 0) is 32.1 Å². The Labute approximate surface area is 128 Å². The minimum Gasteiger partial charge on any atom is -0.465 e. The van der Waals surface area contributed by atoms with Crippen molar-refractivity contribution in [3.05, 3.63) is 12.7 Å². The van der Waals surface area contributed by atoms with Gasteiger partial charge in [0.25, 0.3) is 0 Å². The van der Waals surface area contributed by atoms with E-state index in [4.69, 9.17) is 9.47 Å². The molecule has 0 N–H and O–H groups in total. The highest BCUT2D eigenvalue weighted by Crippen LogP contribution is 2.15. The molecule has 0 aliphatic rings. The van der Waals surface area contributed by atoms with Crippen LogP contribution in [0.4, 0.5) is 0 Å². The average Bonchev–Trinajstić information content (AvgIpc) is 2.47. The molecule has 4 nitrogen and oxygen atoms in total. The molecule has 0 fully saturated rings. The number of ether oxygens (including phenoxy) is 2. The highest BCUT2D eigenvalue weighted by atomic mass is 16.6. The average molecular weight is 298 g/mol. The zero-order valence-corrected chi connectivity index (χ0v) is 13.6. The predicted octanol–water partition coefficient (Wildman–Crippen LogP) is 4.04. The molecule has 0 radical (unpaired) electrons. The third-order valence-corrected chi connectivity index (χ3v) is 3.20. The number of rotatable bonds is 13. The molecule has 0 heterocycles. The van der Waals surface area contributed by atoms with E-state index in [9.17, 15) is 9.59 Å². The van der Waals surface area contributed by atoms with Crippen LogP contribution < -0.4 is 0 Å². The monoisotopic (exact) mass is 298 g/mol. The molecule has 21 heavy (non-hydrogen) atoms. The minimum absolute atomic E-state index is 0.376. The molecule has 0 aliphatic carbocycles. The Kier molecular flexibility index (Phi) is 12.8. The lowest BCUT2D eigenvalue weighted by Crippen LogP contribution is -2.28. The van der Waals surface area contributed by atoms with Gasteiger partial charge < -0.3 is 9.47 Å². The van der Waals surface area contributed by atoms with Crippen molar-refractivity contribution in [3.63, 3.8) is 0 Å². The Morgan fingerprint density at radius 2 is 1.48 bits per heavy atom. The summed E-state index contributed by atoms with van der Waals surface area (Å²) in [5.74, 6) is -1.66. The highest BCUT2D eigenvalue weighted by Gasteiger charge is 2.29. The number of unbranched alkanes of at least 4 members (excludes halogenated alkanes) is 4. The molecule has 122 valence electrons. The lowest BCUT2D eigenvalue weighted by Gasteiger charge is -2.15. The Hall–Kier alpha value is -1.32. The lowest BCUT2D eigenvalue weighted by atomic mass is 10.0. The molecule has 0 rings (SSSR count). The van der Waals surface area contributed by atoms with E-state index in [1.54, 1.807) is 0 Å². The standard InChI is InChI=1S/C17H30O4/c1-4-7-10-11-12-15(16(18)20-13-8-5-2)17(19)21-14-9-6-3/h4,15H,1,5-14H2,2-3H3. The third kappa shape index (κ3) is 10.1. The quantitative estimate of drug-likeness (QED) is 0.223.